The van der Waals surface area contributed by atoms with Gasteiger partial charge in [-0.3, -0.25) is 4.79 Å². The van der Waals surface area contributed by atoms with Crippen molar-refractivity contribution >= 4 is 17.7 Å². The number of fused-ring (bicyclic) bond motifs is 1. The van der Waals surface area contributed by atoms with Crippen LogP contribution in [0.15, 0.2) is 35.2 Å². The van der Waals surface area contributed by atoms with Crippen LogP contribution in [0.2, 0.25) is 0 Å². The van der Waals surface area contributed by atoms with Gasteiger partial charge in [-0.05, 0) is 24.0 Å². The number of amides is 1. The number of carbonyl (C=O) groups is 1. The van der Waals surface area contributed by atoms with Crippen LogP contribution in [0.1, 0.15) is 37.4 Å². The van der Waals surface area contributed by atoms with Crippen molar-refractivity contribution in [2.45, 2.75) is 37.6 Å². The van der Waals surface area contributed by atoms with E-state index in [1.807, 2.05) is 24.3 Å². The fraction of sp³-hybridized carbons (Fsp3) is 0.350. The van der Waals surface area contributed by atoms with Crippen molar-refractivity contribution in [1.29, 1.82) is 0 Å². The smallest absolute Gasteiger partial charge is 0.226 e. The summed E-state index contributed by atoms with van der Waals surface area (Å²) < 4.78 is 54.3. The van der Waals surface area contributed by atoms with Gasteiger partial charge in [-0.2, -0.15) is 0 Å². The fourth-order valence-electron chi connectivity index (χ4n) is 3.06. The minimum absolute atomic E-state index is 0.0378. The number of nitrogens with one attached hydrogen (secondary N) is 1. The van der Waals surface area contributed by atoms with Crippen molar-refractivity contribution in [2.75, 3.05) is 5.75 Å². The van der Waals surface area contributed by atoms with Gasteiger partial charge in [0.2, 0.25) is 5.91 Å². The molecule has 3 rings (SSSR count). The van der Waals surface area contributed by atoms with Gasteiger partial charge in [0.15, 0.2) is 23.3 Å². The van der Waals surface area contributed by atoms with Crippen LogP contribution < -0.4 is 5.32 Å². The Kier molecular flexibility index (Phi) is 5.51. The summed E-state index contributed by atoms with van der Waals surface area (Å²) in [6.07, 6.45) is 1.65. The molecule has 0 bridgehead atoms. The molecule has 2 aromatic rings. The Hall–Kier alpha value is -2.02. The molecule has 0 fully saturated rings. The molecule has 7 heteroatoms. The van der Waals surface area contributed by atoms with Crippen LogP contribution >= 0.6 is 11.8 Å². The van der Waals surface area contributed by atoms with Gasteiger partial charge in [0.1, 0.15) is 0 Å². The van der Waals surface area contributed by atoms with Crippen LogP contribution in [-0.2, 0) is 11.2 Å². The zero-order valence-corrected chi connectivity index (χ0v) is 15.7. The first-order valence-electron chi connectivity index (χ1n) is 8.55. The van der Waals surface area contributed by atoms with Crippen molar-refractivity contribution in [3.05, 3.63) is 64.7 Å². The highest BCUT2D eigenvalue weighted by atomic mass is 32.2. The average molecular weight is 397 g/mol. The second-order valence-corrected chi connectivity index (χ2v) is 8.22. The summed E-state index contributed by atoms with van der Waals surface area (Å²) in [5.41, 5.74) is 1.26. The van der Waals surface area contributed by atoms with Gasteiger partial charge in [0, 0.05) is 11.8 Å². The second kappa shape index (κ2) is 7.54. The van der Waals surface area contributed by atoms with Crippen LogP contribution in [0, 0.1) is 28.7 Å². The van der Waals surface area contributed by atoms with E-state index in [2.05, 4.69) is 5.32 Å². The SMILES string of the molecule is CC(C)(CSc1c(F)c(F)cc(F)c1F)C(=O)NC1CCc2ccccc21. The molecule has 1 N–H and O–H groups in total. The lowest BCUT2D eigenvalue weighted by Gasteiger charge is -2.26. The van der Waals surface area contributed by atoms with E-state index in [0.717, 1.165) is 18.4 Å². The molecule has 0 saturated heterocycles. The van der Waals surface area contributed by atoms with Gasteiger partial charge in [0.25, 0.3) is 0 Å². The standard InChI is InChI=1S/C20H19F4NOS/c1-20(2,10-27-18-16(23)13(21)9-14(22)17(18)24)19(26)25-15-8-7-11-5-3-4-6-12(11)15/h3-6,9,15H,7-8,10H2,1-2H3,(H,25,26). The molecule has 27 heavy (non-hydrogen) atoms. The molecule has 144 valence electrons. The lowest BCUT2D eigenvalue weighted by Crippen LogP contribution is -2.40. The maximum absolute atomic E-state index is 13.8. The molecule has 0 heterocycles. The van der Waals surface area contributed by atoms with Crippen LogP contribution in [0.25, 0.3) is 0 Å². The molecular weight excluding hydrogens is 378 g/mol. The first-order valence-corrected chi connectivity index (χ1v) is 9.54. The number of aryl methyl sites for hydroxylation is 1. The average Bonchev–Trinajstić information content (AvgIpc) is 3.03. The Morgan fingerprint density at radius 1 is 1.15 bits per heavy atom. The Bertz CT molecular complexity index is 858. The van der Waals surface area contributed by atoms with E-state index in [1.54, 1.807) is 13.8 Å². The normalized spacial score (nSPS) is 16.3. The third-order valence-corrected chi connectivity index (χ3v) is 6.21. The highest BCUT2D eigenvalue weighted by Gasteiger charge is 2.33. The molecule has 0 aliphatic heterocycles. The third kappa shape index (κ3) is 3.98. The summed E-state index contributed by atoms with van der Waals surface area (Å²) in [5, 5.41) is 2.98. The number of halogens is 4. The van der Waals surface area contributed by atoms with Gasteiger partial charge >= 0.3 is 0 Å². The van der Waals surface area contributed by atoms with Crippen molar-refractivity contribution < 1.29 is 22.4 Å². The summed E-state index contributed by atoms with van der Waals surface area (Å²) in [5.74, 6) is -6.12. The molecule has 0 radical (unpaired) electrons. The predicted molar refractivity (Wildman–Crippen MR) is 96.4 cm³/mol. The van der Waals surface area contributed by atoms with E-state index in [9.17, 15) is 22.4 Å². The topological polar surface area (TPSA) is 29.1 Å². The van der Waals surface area contributed by atoms with E-state index >= 15 is 0 Å². The Balaban J connectivity index is 1.70. The van der Waals surface area contributed by atoms with Crippen molar-refractivity contribution in [3.63, 3.8) is 0 Å². The number of thioether (sulfide) groups is 1. The minimum Gasteiger partial charge on any atom is -0.349 e. The maximum atomic E-state index is 13.8. The number of benzene rings is 2. The summed E-state index contributed by atoms with van der Waals surface area (Å²) >= 11 is 0.590. The second-order valence-electron chi connectivity index (χ2n) is 7.23. The monoisotopic (exact) mass is 397 g/mol. The molecule has 2 nitrogen and oxygen atoms in total. The largest absolute Gasteiger partial charge is 0.349 e. The first kappa shape index (κ1) is 19.7. The van der Waals surface area contributed by atoms with Crippen molar-refractivity contribution in [2.24, 2.45) is 5.41 Å². The summed E-state index contributed by atoms with van der Waals surface area (Å²) in [6, 6.07) is 7.91. The number of rotatable bonds is 5. The van der Waals surface area contributed by atoms with Gasteiger partial charge in [-0.25, -0.2) is 17.6 Å². The van der Waals surface area contributed by atoms with E-state index < -0.39 is 33.6 Å². The van der Waals surface area contributed by atoms with Crippen LogP contribution in [-0.4, -0.2) is 11.7 Å². The molecule has 0 spiro atoms. The van der Waals surface area contributed by atoms with E-state index in [0.29, 0.717) is 11.8 Å². The molecular formula is C20H19F4NOS. The first-order chi connectivity index (χ1) is 12.7. The van der Waals surface area contributed by atoms with Gasteiger partial charge in [0.05, 0.1) is 16.4 Å². The van der Waals surface area contributed by atoms with Crippen LogP contribution in [0.3, 0.4) is 0 Å². The number of carbonyl (C=O) groups excluding carboxylic acids is 1. The molecule has 2 aromatic carbocycles. The van der Waals surface area contributed by atoms with Crippen molar-refractivity contribution in [3.8, 4) is 0 Å². The predicted octanol–water partition coefficient (Wildman–Crippen LogP) is 5.17. The molecule has 1 aliphatic carbocycles. The van der Waals surface area contributed by atoms with E-state index in [-0.39, 0.29) is 23.8 Å². The summed E-state index contributed by atoms with van der Waals surface area (Å²) in [4.78, 5) is 11.9. The van der Waals surface area contributed by atoms with Gasteiger partial charge in [-0.15, -0.1) is 11.8 Å². The molecule has 1 unspecified atom stereocenters. The van der Waals surface area contributed by atoms with Crippen LogP contribution in [0.4, 0.5) is 17.6 Å². The lowest BCUT2D eigenvalue weighted by molar-refractivity contribution is -0.129. The van der Waals surface area contributed by atoms with E-state index in [4.69, 9.17) is 0 Å². The molecule has 1 amide bonds. The number of hydrogen-bond acceptors (Lipinski definition) is 2. The van der Waals surface area contributed by atoms with Crippen molar-refractivity contribution in [1.82, 2.24) is 5.32 Å². The third-order valence-electron chi connectivity index (χ3n) is 4.70. The fourth-order valence-corrected chi connectivity index (χ4v) is 4.14. The summed E-state index contributed by atoms with van der Waals surface area (Å²) in [6.45, 7) is 3.25. The highest BCUT2D eigenvalue weighted by molar-refractivity contribution is 7.99. The Labute approximate surface area is 159 Å². The molecule has 0 aromatic heterocycles. The lowest BCUT2D eigenvalue weighted by atomic mass is 9.94. The quantitative estimate of drug-likeness (QED) is 0.429. The van der Waals surface area contributed by atoms with Crippen LogP contribution in [0.5, 0.6) is 0 Å². The zero-order chi connectivity index (χ0) is 19.8. The summed E-state index contributed by atoms with van der Waals surface area (Å²) in [7, 11) is 0. The maximum Gasteiger partial charge on any atom is 0.226 e. The van der Waals surface area contributed by atoms with E-state index in [1.165, 1.54) is 5.56 Å². The Morgan fingerprint density at radius 3 is 2.44 bits per heavy atom. The molecule has 1 aliphatic rings. The molecule has 1 atom stereocenters. The highest BCUT2D eigenvalue weighted by Crippen LogP contribution is 2.35. The zero-order valence-electron chi connectivity index (χ0n) is 14.9. The van der Waals surface area contributed by atoms with Gasteiger partial charge < -0.3 is 5.32 Å². The molecule has 0 saturated carbocycles. The number of hydrogen-bond donors (Lipinski definition) is 1. The minimum atomic E-state index is -1.46. The van der Waals surface area contributed by atoms with Gasteiger partial charge in [-0.1, -0.05) is 38.1 Å². The Morgan fingerprint density at radius 2 is 1.78 bits per heavy atom.